The van der Waals surface area contributed by atoms with Crippen molar-refractivity contribution in [3.05, 3.63) is 59.1 Å². The van der Waals surface area contributed by atoms with E-state index in [-0.39, 0.29) is 6.04 Å². The van der Waals surface area contributed by atoms with E-state index in [9.17, 15) is 9.59 Å². The van der Waals surface area contributed by atoms with Crippen molar-refractivity contribution in [3.8, 4) is 0 Å². The molecule has 0 spiro atoms. The van der Waals surface area contributed by atoms with Gasteiger partial charge in [-0.25, -0.2) is 0 Å². The van der Waals surface area contributed by atoms with E-state index < -0.39 is 11.8 Å². The molecule has 0 fully saturated rings. The summed E-state index contributed by atoms with van der Waals surface area (Å²) in [4.78, 5) is 28.3. The summed E-state index contributed by atoms with van der Waals surface area (Å²) in [7, 11) is 7.83. The van der Waals surface area contributed by atoms with Crippen molar-refractivity contribution in [2.45, 2.75) is 6.04 Å². The lowest BCUT2D eigenvalue weighted by molar-refractivity contribution is -0.136. The maximum absolute atomic E-state index is 12.2. The van der Waals surface area contributed by atoms with Gasteiger partial charge in [0.2, 0.25) is 0 Å². The molecular weight excluding hydrogens is 364 g/mol. The number of amides is 2. The molecule has 6 nitrogen and oxygen atoms in total. The number of para-hydroxylation sites is 1. The minimum Gasteiger partial charge on any atom is -0.378 e. The standard InChI is InChI=1S/C20H25ClN4O2/c1-24(2)15-11-9-14(10-12-15)18(25(3)4)13-22-19(26)20(27)23-17-8-6-5-7-16(17)21/h5-12,18H,13H2,1-4H3,(H,22,26)(H,23,27)/t18-/m0/s1. The highest BCUT2D eigenvalue weighted by Crippen LogP contribution is 2.22. The van der Waals surface area contributed by atoms with Crippen molar-refractivity contribution in [2.75, 3.05) is 45.0 Å². The maximum Gasteiger partial charge on any atom is 0.313 e. The number of nitrogens with one attached hydrogen (secondary N) is 2. The summed E-state index contributed by atoms with van der Waals surface area (Å²) in [5, 5.41) is 5.59. The van der Waals surface area contributed by atoms with Crippen LogP contribution in [0.1, 0.15) is 11.6 Å². The Morgan fingerprint density at radius 1 is 0.963 bits per heavy atom. The van der Waals surface area contributed by atoms with Crippen LogP contribution >= 0.6 is 11.6 Å². The molecule has 0 heterocycles. The van der Waals surface area contributed by atoms with Crippen LogP contribution in [0, 0.1) is 0 Å². The van der Waals surface area contributed by atoms with E-state index in [1.54, 1.807) is 24.3 Å². The Hall–Kier alpha value is -2.57. The Balaban J connectivity index is 1.99. The van der Waals surface area contributed by atoms with E-state index in [0.29, 0.717) is 17.3 Å². The van der Waals surface area contributed by atoms with Crippen LogP contribution in [0.4, 0.5) is 11.4 Å². The van der Waals surface area contributed by atoms with Crippen LogP contribution in [0.15, 0.2) is 48.5 Å². The molecule has 2 aromatic rings. The molecule has 27 heavy (non-hydrogen) atoms. The molecule has 0 saturated heterocycles. The molecular formula is C20H25ClN4O2. The quantitative estimate of drug-likeness (QED) is 0.747. The van der Waals surface area contributed by atoms with Gasteiger partial charge in [-0.2, -0.15) is 0 Å². The lowest BCUT2D eigenvalue weighted by Crippen LogP contribution is -2.40. The molecule has 0 aliphatic heterocycles. The molecule has 0 aliphatic rings. The first-order chi connectivity index (χ1) is 12.8. The third-order valence-electron chi connectivity index (χ3n) is 4.20. The first-order valence-corrected chi connectivity index (χ1v) is 8.95. The molecule has 0 radical (unpaired) electrons. The summed E-state index contributed by atoms with van der Waals surface area (Å²) >= 11 is 6.00. The lowest BCUT2D eigenvalue weighted by Gasteiger charge is -2.25. The zero-order valence-corrected chi connectivity index (χ0v) is 16.7. The SMILES string of the molecule is CN(C)c1ccc([C@H](CNC(=O)C(=O)Nc2ccccc2Cl)N(C)C)cc1. The Morgan fingerprint density at radius 2 is 1.59 bits per heavy atom. The minimum absolute atomic E-state index is 0.0572. The van der Waals surface area contributed by atoms with Gasteiger partial charge in [-0.15, -0.1) is 0 Å². The normalized spacial score (nSPS) is 11.8. The lowest BCUT2D eigenvalue weighted by atomic mass is 10.1. The number of hydrogen-bond donors (Lipinski definition) is 2. The summed E-state index contributed by atoms with van der Waals surface area (Å²) in [5.74, 6) is -1.45. The summed E-state index contributed by atoms with van der Waals surface area (Å²) in [6.07, 6.45) is 0. The summed E-state index contributed by atoms with van der Waals surface area (Å²) in [6, 6.07) is 14.8. The molecule has 2 N–H and O–H groups in total. The highest BCUT2D eigenvalue weighted by molar-refractivity contribution is 6.41. The maximum atomic E-state index is 12.2. The van der Waals surface area contributed by atoms with Gasteiger partial charge in [0.1, 0.15) is 0 Å². The molecule has 0 aliphatic carbocycles. The summed E-state index contributed by atoms with van der Waals surface area (Å²) < 4.78 is 0. The fourth-order valence-electron chi connectivity index (χ4n) is 2.60. The average Bonchev–Trinajstić information content (AvgIpc) is 2.63. The van der Waals surface area contributed by atoms with Crippen LogP contribution in [-0.4, -0.2) is 51.4 Å². The Kier molecular flexibility index (Phi) is 7.21. The van der Waals surface area contributed by atoms with E-state index in [2.05, 4.69) is 10.6 Å². The number of halogens is 1. The fourth-order valence-corrected chi connectivity index (χ4v) is 2.79. The second kappa shape index (κ2) is 9.39. The van der Waals surface area contributed by atoms with Gasteiger partial charge in [0.15, 0.2) is 0 Å². The van der Waals surface area contributed by atoms with E-state index >= 15 is 0 Å². The van der Waals surface area contributed by atoms with E-state index in [4.69, 9.17) is 11.6 Å². The smallest absolute Gasteiger partial charge is 0.313 e. The number of benzene rings is 2. The number of carbonyl (C=O) groups excluding carboxylic acids is 2. The van der Waals surface area contributed by atoms with Gasteiger partial charge in [-0.3, -0.25) is 9.59 Å². The van der Waals surface area contributed by atoms with Gasteiger partial charge in [-0.05, 0) is 43.9 Å². The predicted molar refractivity (Wildman–Crippen MR) is 110 cm³/mol. The summed E-state index contributed by atoms with van der Waals surface area (Å²) in [5.41, 5.74) is 2.56. The number of anilines is 2. The molecule has 0 aromatic heterocycles. The molecule has 7 heteroatoms. The Bertz CT molecular complexity index is 791. The molecule has 0 bridgehead atoms. The highest BCUT2D eigenvalue weighted by Gasteiger charge is 2.19. The van der Waals surface area contributed by atoms with E-state index in [1.165, 1.54) is 0 Å². The number of hydrogen-bond acceptors (Lipinski definition) is 4. The largest absolute Gasteiger partial charge is 0.378 e. The van der Waals surface area contributed by atoms with Crippen LogP contribution in [0.3, 0.4) is 0 Å². The minimum atomic E-state index is -0.747. The van der Waals surface area contributed by atoms with Crippen LogP contribution in [0.25, 0.3) is 0 Å². The number of likely N-dealkylation sites (N-methyl/N-ethyl adjacent to an activating group) is 1. The second-order valence-corrected chi connectivity index (χ2v) is 7.02. The van der Waals surface area contributed by atoms with E-state index in [0.717, 1.165) is 11.3 Å². The topological polar surface area (TPSA) is 64.7 Å². The van der Waals surface area contributed by atoms with Crippen LogP contribution in [0.2, 0.25) is 5.02 Å². The third-order valence-corrected chi connectivity index (χ3v) is 4.53. The second-order valence-electron chi connectivity index (χ2n) is 6.61. The first-order valence-electron chi connectivity index (χ1n) is 8.57. The van der Waals surface area contributed by atoms with Crippen molar-refractivity contribution in [3.63, 3.8) is 0 Å². The van der Waals surface area contributed by atoms with Gasteiger partial charge in [0, 0.05) is 26.3 Å². The molecule has 0 saturated carbocycles. The summed E-state index contributed by atoms with van der Waals surface area (Å²) in [6.45, 7) is 0.309. The molecule has 1 atom stereocenters. The fraction of sp³-hybridized carbons (Fsp3) is 0.300. The predicted octanol–water partition coefficient (Wildman–Crippen LogP) is 2.76. The van der Waals surface area contributed by atoms with Crippen LogP contribution < -0.4 is 15.5 Å². The molecule has 2 aromatic carbocycles. The van der Waals surface area contributed by atoms with Gasteiger partial charge in [0.05, 0.1) is 16.8 Å². The van der Waals surface area contributed by atoms with Gasteiger partial charge >= 0.3 is 11.8 Å². The van der Waals surface area contributed by atoms with Crippen LogP contribution in [-0.2, 0) is 9.59 Å². The zero-order valence-electron chi connectivity index (χ0n) is 16.0. The molecule has 144 valence electrons. The third kappa shape index (κ3) is 5.70. The Morgan fingerprint density at radius 3 is 2.15 bits per heavy atom. The number of rotatable bonds is 6. The molecule has 2 rings (SSSR count). The van der Waals surface area contributed by atoms with Crippen molar-refractivity contribution in [1.29, 1.82) is 0 Å². The molecule has 2 amide bonds. The van der Waals surface area contributed by atoms with Crippen molar-refractivity contribution >= 4 is 34.8 Å². The zero-order chi connectivity index (χ0) is 20.0. The van der Waals surface area contributed by atoms with Crippen molar-refractivity contribution in [1.82, 2.24) is 10.2 Å². The highest BCUT2D eigenvalue weighted by atomic mass is 35.5. The van der Waals surface area contributed by atoms with Crippen LogP contribution in [0.5, 0.6) is 0 Å². The average molecular weight is 389 g/mol. The van der Waals surface area contributed by atoms with Crippen molar-refractivity contribution < 1.29 is 9.59 Å². The van der Waals surface area contributed by atoms with Gasteiger partial charge in [-0.1, -0.05) is 35.9 Å². The van der Waals surface area contributed by atoms with Crippen molar-refractivity contribution in [2.24, 2.45) is 0 Å². The number of carbonyl (C=O) groups is 2. The van der Waals surface area contributed by atoms with Gasteiger partial charge < -0.3 is 20.4 Å². The van der Waals surface area contributed by atoms with E-state index in [1.807, 2.05) is 62.3 Å². The number of nitrogens with zero attached hydrogens (tertiary/aromatic N) is 2. The Labute approximate surface area is 165 Å². The molecule has 0 unspecified atom stereocenters. The first kappa shape index (κ1) is 20.7. The van der Waals surface area contributed by atoms with Gasteiger partial charge in [0.25, 0.3) is 0 Å². The monoisotopic (exact) mass is 388 g/mol.